The van der Waals surface area contributed by atoms with E-state index in [4.69, 9.17) is 0 Å². The quantitative estimate of drug-likeness (QED) is 0.640. The first-order chi connectivity index (χ1) is 7.61. The van der Waals surface area contributed by atoms with Crippen LogP contribution >= 0.6 is 0 Å². The molecule has 88 valence electrons. The summed E-state index contributed by atoms with van der Waals surface area (Å²) in [6.45, 7) is 1.79. The number of phenols is 3. The van der Waals surface area contributed by atoms with E-state index in [-0.39, 0.29) is 11.5 Å². The highest BCUT2D eigenvalue weighted by atomic mass is 16.3. The molecule has 3 N–H and O–H groups in total. The van der Waals surface area contributed by atoms with Crippen molar-refractivity contribution in [1.29, 1.82) is 0 Å². The summed E-state index contributed by atoms with van der Waals surface area (Å²) in [5, 5.41) is 28.6. The average Bonchev–Trinajstić information content (AvgIpc) is 2.32. The van der Waals surface area contributed by atoms with E-state index in [9.17, 15) is 15.3 Å². The van der Waals surface area contributed by atoms with Crippen LogP contribution in [0.4, 0.5) is 0 Å². The first-order valence-corrected chi connectivity index (χ1v) is 5.85. The molecule has 0 unspecified atom stereocenters. The molecule has 1 aliphatic carbocycles. The number of hydrogen-bond donors (Lipinski definition) is 3. The monoisotopic (exact) mass is 222 g/mol. The molecule has 0 amide bonds. The standard InChI is InChI=1S/C13H18O3/c1-8-10(9-5-3-2-4-6-9)7-11(14)13(16)12(8)15/h7,9,14-16H,2-6H2,1H3. The highest BCUT2D eigenvalue weighted by Crippen LogP contribution is 2.44. The summed E-state index contributed by atoms with van der Waals surface area (Å²) in [6, 6.07) is 1.60. The normalized spacial score (nSPS) is 17.6. The maximum atomic E-state index is 9.69. The summed E-state index contributed by atoms with van der Waals surface area (Å²) in [7, 11) is 0. The van der Waals surface area contributed by atoms with Gasteiger partial charge >= 0.3 is 0 Å². The van der Waals surface area contributed by atoms with Crippen LogP contribution in [-0.2, 0) is 0 Å². The van der Waals surface area contributed by atoms with E-state index in [1.54, 1.807) is 13.0 Å². The number of phenolic OH excluding ortho intramolecular Hbond substituents is 3. The molecular weight excluding hydrogens is 204 g/mol. The van der Waals surface area contributed by atoms with Gasteiger partial charge in [0.15, 0.2) is 11.5 Å². The molecule has 2 rings (SSSR count). The molecule has 3 nitrogen and oxygen atoms in total. The second kappa shape index (κ2) is 4.24. The Bertz CT molecular complexity index is 393. The van der Waals surface area contributed by atoms with Crippen LogP contribution in [0.5, 0.6) is 17.2 Å². The van der Waals surface area contributed by atoms with Crippen molar-refractivity contribution in [3.8, 4) is 17.2 Å². The zero-order chi connectivity index (χ0) is 11.7. The Balaban J connectivity index is 2.40. The first kappa shape index (κ1) is 11.1. The van der Waals surface area contributed by atoms with Crippen LogP contribution in [0, 0.1) is 6.92 Å². The van der Waals surface area contributed by atoms with Crippen LogP contribution in [0.15, 0.2) is 6.07 Å². The summed E-state index contributed by atoms with van der Waals surface area (Å²) in [6.07, 6.45) is 5.87. The largest absolute Gasteiger partial charge is 0.504 e. The summed E-state index contributed by atoms with van der Waals surface area (Å²) in [5.41, 5.74) is 1.68. The molecule has 0 bridgehead atoms. The zero-order valence-electron chi connectivity index (χ0n) is 9.53. The van der Waals surface area contributed by atoms with E-state index in [0.717, 1.165) is 18.4 Å². The van der Waals surface area contributed by atoms with Gasteiger partial charge in [0.2, 0.25) is 5.75 Å². The van der Waals surface area contributed by atoms with Gasteiger partial charge in [-0.05, 0) is 42.9 Å². The van der Waals surface area contributed by atoms with Gasteiger partial charge in [0.05, 0.1) is 0 Å². The highest BCUT2D eigenvalue weighted by Gasteiger charge is 2.21. The van der Waals surface area contributed by atoms with Crippen molar-refractivity contribution in [2.45, 2.75) is 44.9 Å². The molecule has 3 heteroatoms. The fourth-order valence-electron chi connectivity index (χ4n) is 2.60. The van der Waals surface area contributed by atoms with Crippen molar-refractivity contribution in [3.05, 3.63) is 17.2 Å². The van der Waals surface area contributed by atoms with Crippen molar-refractivity contribution in [2.24, 2.45) is 0 Å². The lowest BCUT2D eigenvalue weighted by Gasteiger charge is -2.24. The van der Waals surface area contributed by atoms with Crippen molar-refractivity contribution >= 4 is 0 Å². The summed E-state index contributed by atoms with van der Waals surface area (Å²) >= 11 is 0. The van der Waals surface area contributed by atoms with Gasteiger partial charge in [-0.3, -0.25) is 0 Å². The maximum absolute atomic E-state index is 9.69. The number of aromatic hydroxyl groups is 3. The lowest BCUT2D eigenvalue weighted by atomic mass is 9.82. The maximum Gasteiger partial charge on any atom is 0.200 e. The van der Waals surface area contributed by atoms with E-state index in [0.29, 0.717) is 11.5 Å². The van der Waals surface area contributed by atoms with E-state index in [1.165, 1.54) is 19.3 Å². The third-order valence-corrected chi connectivity index (χ3v) is 3.59. The fourth-order valence-corrected chi connectivity index (χ4v) is 2.60. The lowest BCUT2D eigenvalue weighted by Crippen LogP contribution is -2.06. The Hall–Kier alpha value is -1.38. The van der Waals surface area contributed by atoms with Gasteiger partial charge in [0, 0.05) is 0 Å². The summed E-state index contributed by atoms with van der Waals surface area (Å²) < 4.78 is 0. The molecule has 1 fully saturated rings. The highest BCUT2D eigenvalue weighted by molar-refractivity contribution is 5.57. The average molecular weight is 222 g/mol. The van der Waals surface area contributed by atoms with Crippen LogP contribution in [-0.4, -0.2) is 15.3 Å². The predicted molar refractivity (Wildman–Crippen MR) is 62.0 cm³/mol. The van der Waals surface area contributed by atoms with Gasteiger partial charge in [0.25, 0.3) is 0 Å². The Morgan fingerprint density at radius 2 is 1.62 bits per heavy atom. The Morgan fingerprint density at radius 3 is 2.25 bits per heavy atom. The van der Waals surface area contributed by atoms with Crippen LogP contribution in [0.3, 0.4) is 0 Å². The third kappa shape index (κ3) is 1.82. The number of hydrogen-bond acceptors (Lipinski definition) is 3. The Labute approximate surface area is 95.4 Å². The number of benzene rings is 1. The zero-order valence-corrected chi connectivity index (χ0v) is 9.53. The summed E-state index contributed by atoms with van der Waals surface area (Å²) in [5.74, 6) is -0.396. The van der Waals surface area contributed by atoms with Gasteiger partial charge < -0.3 is 15.3 Å². The second-order valence-corrected chi connectivity index (χ2v) is 4.64. The number of rotatable bonds is 1. The molecule has 1 saturated carbocycles. The van der Waals surface area contributed by atoms with Gasteiger partial charge in [-0.15, -0.1) is 0 Å². The van der Waals surface area contributed by atoms with E-state index in [2.05, 4.69) is 0 Å². The molecule has 0 atom stereocenters. The molecule has 0 radical (unpaired) electrons. The van der Waals surface area contributed by atoms with Crippen LogP contribution in [0.2, 0.25) is 0 Å². The van der Waals surface area contributed by atoms with Crippen LogP contribution < -0.4 is 0 Å². The van der Waals surface area contributed by atoms with Gasteiger partial charge in [-0.25, -0.2) is 0 Å². The Morgan fingerprint density at radius 1 is 1.00 bits per heavy atom. The minimum Gasteiger partial charge on any atom is -0.504 e. The van der Waals surface area contributed by atoms with Crippen molar-refractivity contribution in [3.63, 3.8) is 0 Å². The van der Waals surface area contributed by atoms with Crippen molar-refractivity contribution in [2.75, 3.05) is 0 Å². The minimum absolute atomic E-state index is 0.180. The molecule has 0 aliphatic heterocycles. The molecule has 0 heterocycles. The van der Waals surface area contributed by atoms with E-state index >= 15 is 0 Å². The molecule has 1 aromatic carbocycles. The van der Waals surface area contributed by atoms with E-state index in [1.807, 2.05) is 0 Å². The smallest absolute Gasteiger partial charge is 0.200 e. The molecule has 16 heavy (non-hydrogen) atoms. The molecule has 0 saturated heterocycles. The van der Waals surface area contributed by atoms with E-state index < -0.39 is 5.75 Å². The predicted octanol–water partition coefficient (Wildman–Crippen LogP) is 3.16. The van der Waals surface area contributed by atoms with Crippen LogP contribution in [0.1, 0.15) is 49.1 Å². The van der Waals surface area contributed by atoms with Gasteiger partial charge in [-0.1, -0.05) is 19.3 Å². The molecule has 1 aromatic rings. The SMILES string of the molecule is Cc1c(C2CCCCC2)cc(O)c(O)c1O. The van der Waals surface area contributed by atoms with Crippen molar-refractivity contribution in [1.82, 2.24) is 0 Å². The Kier molecular flexibility index (Phi) is 2.95. The topological polar surface area (TPSA) is 60.7 Å². The van der Waals surface area contributed by atoms with Gasteiger partial charge in [0.1, 0.15) is 0 Å². The molecule has 1 aliphatic rings. The van der Waals surface area contributed by atoms with Gasteiger partial charge in [-0.2, -0.15) is 0 Å². The van der Waals surface area contributed by atoms with Crippen LogP contribution in [0.25, 0.3) is 0 Å². The summed E-state index contributed by atoms with van der Waals surface area (Å²) in [4.78, 5) is 0. The third-order valence-electron chi connectivity index (χ3n) is 3.59. The first-order valence-electron chi connectivity index (χ1n) is 5.85. The lowest BCUT2D eigenvalue weighted by molar-refractivity contribution is 0.362. The minimum atomic E-state index is -0.406. The van der Waals surface area contributed by atoms with Crippen molar-refractivity contribution < 1.29 is 15.3 Å². The second-order valence-electron chi connectivity index (χ2n) is 4.64. The fraction of sp³-hybridized carbons (Fsp3) is 0.538. The molecule has 0 spiro atoms. The molecule has 0 aromatic heterocycles. The molecular formula is C13H18O3.